The Kier molecular flexibility index (Phi) is 3.28. The first-order valence-electron chi connectivity index (χ1n) is 4.94. The van der Waals surface area contributed by atoms with Crippen LogP contribution in [0.2, 0.25) is 5.15 Å². The summed E-state index contributed by atoms with van der Waals surface area (Å²) in [5.74, 6) is -1.06. The lowest BCUT2D eigenvalue weighted by Gasteiger charge is -2.05. The molecule has 0 radical (unpaired) electrons. The topological polar surface area (TPSA) is 68.2 Å². The van der Waals surface area contributed by atoms with Gasteiger partial charge in [0.1, 0.15) is 11.2 Å². The molecule has 0 fully saturated rings. The van der Waals surface area contributed by atoms with Crippen molar-refractivity contribution in [3.63, 3.8) is 0 Å². The number of nitrogens with two attached hydrogens (primary N) is 1. The molecule has 0 saturated carbocycles. The van der Waals surface area contributed by atoms with Crippen molar-refractivity contribution in [1.82, 2.24) is 4.09 Å². The SMILES string of the molecule is N[C@@H](Cc1c(Cl)n(Cl)c2ccccc12)C(=O)O. The normalized spacial score (nSPS) is 12.9. The molecule has 0 spiro atoms. The van der Waals surface area contributed by atoms with Crippen LogP contribution in [0.3, 0.4) is 0 Å². The van der Waals surface area contributed by atoms with Gasteiger partial charge >= 0.3 is 5.97 Å². The Balaban J connectivity index is 2.53. The molecule has 4 nitrogen and oxygen atoms in total. The lowest BCUT2D eigenvalue weighted by atomic mass is 10.1. The Labute approximate surface area is 108 Å². The van der Waals surface area contributed by atoms with E-state index in [0.717, 1.165) is 10.9 Å². The second kappa shape index (κ2) is 4.56. The Morgan fingerprint density at radius 2 is 2.12 bits per heavy atom. The number of hydrogen-bond donors (Lipinski definition) is 2. The van der Waals surface area contributed by atoms with Gasteiger partial charge in [-0.25, -0.2) is 4.09 Å². The molecule has 17 heavy (non-hydrogen) atoms. The molecule has 0 saturated heterocycles. The number of carbonyl (C=O) groups is 1. The number of rotatable bonds is 3. The third-order valence-electron chi connectivity index (χ3n) is 2.60. The molecule has 90 valence electrons. The van der Waals surface area contributed by atoms with E-state index in [1.54, 1.807) is 0 Å². The summed E-state index contributed by atoms with van der Waals surface area (Å²) in [6.45, 7) is 0. The molecular weight excluding hydrogens is 263 g/mol. The van der Waals surface area contributed by atoms with Crippen LogP contribution >= 0.6 is 23.4 Å². The fourth-order valence-corrected chi connectivity index (χ4v) is 2.26. The van der Waals surface area contributed by atoms with Crippen LogP contribution in [0.1, 0.15) is 5.56 Å². The van der Waals surface area contributed by atoms with Gasteiger partial charge in [-0.1, -0.05) is 29.8 Å². The molecule has 0 aliphatic rings. The van der Waals surface area contributed by atoms with Gasteiger partial charge in [-0.2, -0.15) is 0 Å². The van der Waals surface area contributed by atoms with Gasteiger partial charge in [0, 0.05) is 29.1 Å². The van der Waals surface area contributed by atoms with Crippen LogP contribution in [0.4, 0.5) is 0 Å². The van der Waals surface area contributed by atoms with Gasteiger partial charge in [0.2, 0.25) is 0 Å². The van der Waals surface area contributed by atoms with E-state index in [1.807, 2.05) is 24.3 Å². The van der Waals surface area contributed by atoms with E-state index in [1.165, 1.54) is 4.09 Å². The van der Waals surface area contributed by atoms with E-state index >= 15 is 0 Å². The summed E-state index contributed by atoms with van der Waals surface area (Å²) in [6, 6.07) is 6.33. The molecular formula is C11H10Cl2N2O2. The number of aliphatic carboxylic acids is 1. The highest BCUT2D eigenvalue weighted by Crippen LogP contribution is 2.31. The summed E-state index contributed by atoms with van der Waals surface area (Å²) in [4.78, 5) is 10.7. The van der Waals surface area contributed by atoms with Crippen LogP contribution in [0.25, 0.3) is 10.9 Å². The van der Waals surface area contributed by atoms with Gasteiger partial charge in [0.25, 0.3) is 0 Å². The maximum absolute atomic E-state index is 10.7. The number of para-hydroxylation sites is 1. The van der Waals surface area contributed by atoms with E-state index in [2.05, 4.69) is 0 Å². The van der Waals surface area contributed by atoms with Crippen molar-refractivity contribution in [3.05, 3.63) is 35.0 Å². The first-order chi connectivity index (χ1) is 8.02. The van der Waals surface area contributed by atoms with Crippen molar-refractivity contribution in [2.75, 3.05) is 0 Å². The Morgan fingerprint density at radius 1 is 1.47 bits per heavy atom. The van der Waals surface area contributed by atoms with Gasteiger partial charge in [0.15, 0.2) is 0 Å². The number of aromatic nitrogens is 1. The van der Waals surface area contributed by atoms with E-state index < -0.39 is 12.0 Å². The molecule has 1 heterocycles. The highest BCUT2D eigenvalue weighted by Gasteiger charge is 2.20. The number of carboxylic acid groups (broad SMARTS) is 1. The molecule has 1 aromatic carbocycles. The maximum atomic E-state index is 10.7. The summed E-state index contributed by atoms with van der Waals surface area (Å²) in [6.07, 6.45) is 0.147. The van der Waals surface area contributed by atoms with E-state index in [0.29, 0.717) is 10.7 Å². The summed E-state index contributed by atoms with van der Waals surface area (Å²) in [7, 11) is 0. The van der Waals surface area contributed by atoms with Crippen LogP contribution in [0.5, 0.6) is 0 Å². The molecule has 0 bridgehead atoms. The van der Waals surface area contributed by atoms with Crippen molar-refractivity contribution in [2.24, 2.45) is 5.73 Å². The fraction of sp³-hybridized carbons (Fsp3) is 0.182. The first kappa shape index (κ1) is 12.2. The summed E-state index contributed by atoms with van der Waals surface area (Å²) in [5, 5.41) is 9.94. The minimum Gasteiger partial charge on any atom is -0.480 e. The number of halogens is 2. The Hall–Kier alpha value is -1.23. The van der Waals surface area contributed by atoms with Crippen molar-refractivity contribution >= 4 is 40.2 Å². The van der Waals surface area contributed by atoms with Crippen molar-refractivity contribution < 1.29 is 9.90 Å². The standard InChI is InChI=1S/C11H10Cl2N2O2/c12-10-7(5-8(14)11(16)17)6-3-1-2-4-9(6)15(10)13/h1-4,8H,5,14H2,(H,16,17)/t8-/m0/s1. The van der Waals surface area contributed by atoms with Crippen molar-refractivity contribution in [2.45, 2.75) is 12.5 Å². The Bertz CT molecular complexity index is 580. The number of fused-ring (bicyclic) bond motifs is 1. The molecule has 3 N–H and O–H groups in total. The molecule has 2 aromatic rings. The zero-order valence-electron chi connectivity index (χ0n) is 8.73. The van der Waals surface area contributed by atoms with Gasteiger partial charge in [-0.15, -0.1) is 0 Å². The fourth-order valence-electron chi connectivity index (χ4n) is 1.74. The summed E-state index contributed by atoms with van der Waals surface area (Å²) in [5.41, 5.74) is 6.91. The zero-order chi connectivity index (χ0) is 12.6. The molecule has 1 atom stereocenters. The van der Waals surface area contributed by atoms with E-state index in [4.69, 9.17) is 34.2 Å². The molecule has 2 rings (SSSR count). The molecule has 0 aliphatic heterocycles. The average Bonchev–Trinajstić information content (AvgIpc) is 2.55. The van der Waals surface area contributed by atoms with Gasteiger partial charge in [0.05, 0.1) is 5.52 Å². The van der Waals surface area contributed by atoms with Gasteiger partial charge in [-0.3, -0.25) is 4.79 Å². The van der Waals surface area contributed by atoms with Crippen LogP contribution in [-0.2, 0) is 11.2 Å². The van der Waals surface area contributed by atoms with Crippen molar-refractivity contribution in [3.8, 4) is 0 Å². The van der Waals surface area contributed by atoms with E-state index in [9.17, 15) is 4.79 Å². The zero-order valence-corrected chi connectivity index (χ0v) is 10.2. The van der Waals surface area contributed by atoms with E-state index in [-0.39, 0.29) is 6.42 Å². The third kappa shape index (κ3) is 2.11. The molecule has 0 unspecified atom stereocenters. The highest BCUT2D eigenvalue weighted by molar-refractivity contribution is 6.36. The quantitative estimate of drug-likeness (QED) is 0.901. The van der Waals surface area contributed by atoms with Crippen LogP contribution in [-0.4, -0.2) is 21.2 Å². The largest absolute Gasteiger partial charge is 0.480 e. The second-order valence-corrected chi connectivity index (χ2v) is 4.41. The number of benzene rings is 1. The lowest BCUT2D eigenvalue weighted by Crippen LogP contribution is -2.32. The third-order valence-corrected chi connectivity index (χ3v) is 3.44. The molecule has 0 aliphatic carbocycles. The Morgan fingerprint density at radius 3 is 2.76 bits per heavy atom. The van der Waals surface area contributed by atoms with Crippen LogP contribution < -0.4 is 5.73 Å². The van der Waals surface area contributed by atoms with Crippen LogP contribution in [0, 0.1) is 0 Å². The summed E-state index contributed by atoms with van der Waals surface area (Å²) >= 11 is 12.1. The predicted octanol–water partition coefficient (Wildman–Crippen LogP) is 2.25. The second-order valence-electron chi connectivity index (χ2n) is 3.72. The number of nitrogens with zero attached hydrogens (tertiary/aromatic N) is 1. The molecule has 6 heteroatoms. The lowest BCUT2D eigenvalue weighted by molar-refractivity contribution is -0.138. The first-order valence-corrected chi connectivity index (χ1v) is 5.66. The monoisotopic (exact) mass is 272 g/mol. The smallest absolute Gasteiger partial charge is 0.320 e. The van der Waals surface area contributed by atoms with Crippen LogP contribution in [0.15, 0.2) is 24.3 Å². The molecule has 0 amide bonds. The number of carboxylic acids is 1. The van der Waals surface area contributed by atoms with Crippen molar-refractivity contribution in [1.29, 1.82) is 0 Å². The van der Waals surface area contributed by atoms with Gasteiger partial charge in [-0.05, 0) is 6.07 Å². The maximum Gasteiger partial charge on any atom is 0.320 e. The summed E-state index contributed by atoms with van der Waals surface area (Å²) < 4.78 is 1.31. The highest BCUT2D eigenvalue weighted by atomic mass is 35.5. The number of hydrogen-bond acceptors (Lipinski definition) is 2. The minimum absolute atomic E-state index is 0.147. The minimum atomic E-state index is -1.06. The molecule has 1 aromatic heterocycles. The average molecular weight is 273 g/mol. The predicted molar refractivity (Wildman–Crippen MR) is 67.5 cm³/mol. The van der Waals surface area contributed by atoms with Gasteiger partial charge < -0.3 is 10.8 Å².